The van der Waals surface area contributed by atoms with Gasteiger partial charge in [-0.15, -0.1) is 0 Å². The van der Waals surface area contributed by atoms with Gasteiger partial charge in [-0.05, 0) is 43.1 Å². The quantitative estimate of drug-likeness (QED) is 0.897. The smallest absolute Gasteiger partial charge is 0.251 e. The molecule has 0 unspecified atom stereocenters. The molecule has 0 aromatic heterocycles. The number of hydrogen-bond donors (Lipinski definition) is 1. The van der Waals surface area contributed by atoms with E-state index in [1.54, 1.807) is 0 Å². The predicted molar refractivity (Wildman–Crippen MR) is 85.2 cm³/mol. The minimum Gasteiger partial charge on any atom is -0.352 e. The predicted octanol–water partition coefficient (Wildman–Crippen LogP) is 2.91. The molecular formula is C17H28N2O. The van der Waals surface area contributed by atoms with Crippen molar-refractivity contribution < 1.29 is 4.79 Å². The van der Waals surface area contributed by atoms with E-state index in [1.807, 2.05) is 38.4 Å². The van der Waals surface area contributed by atoms with Crippen molar-refractivity contribution >= 4 is 5.91 Å². The van der Waals surface area contributed by atoms with Crippen molar-refractivity contribution in [2.75, 3.05) is 27.2 Å². The van der Waals surface area contributed by atoms with E-state index in [0.717, 1.165) is 12.1 Å². The maximum Gasteiger partial charge on any atom is 0.251 e. The number of carbonyl (C=O) groups excluding carboxylic acids is 1. The Morgan fingerprint density at radius 1 is 1.20 bits per heavy atom. The molecule has 0 radical (unpaired) electrons. The number of nitrogens with zero attached hydrogens (tertiary/aromatic N) is 1. The van der Waals surface area contributed by atoms with Crippen molar-refractivity contribution in [1.82, 2.24) is 10.2 Å². The second-order valence-corrected chi connectivity index (χ2v) is 6.90. The van der Waals surface area contributed by atoms with Gasteiger partial charge in [0.05, 0.1) is 0 Å². The van der Waals surface area contributed by atoms with E-state index >= 15 is 0 Å². The third kappa shape index (κ3) is 5.33. The summed E-state index contributed by atoms with van der Waals surface area (Å²) in [5, 5.41) is 3.00. The molecule has 0 heterocycles. The lowest BCUT2D eigenvalue weighted by molar-refractivity contribution is 0.0946. The minimum atomic E-state index is 0.0102. The number of nitrogens with one attached hydrogen (secondary N) is 1. The first-order chi connectivity index (χ1) is 9.20. The molecule has 1 rings (SSSR count). The van der Waals surface area contributed by atoms with E-state index in [1.165, 1.54) is 5.56 Å². The monoisotopic (exact) mass is 276 g/mol. The lowest BCUT2D eigenvalue weighted by Gasteiger charge is -2.19. The van der Waals surface area contributed by atoms with Gasteiger partial charge in [-0.3, -0.25) is 4.79 Å². The summed E-state index contributed by atoms with van der Waals surface area (Å²) in [5.41, 5.74) is 2.10. The number of benzene rings is 1. The molecule has 0 spiro atoms. The molecular weight excluding hydrogens is 248 g/mol. The number of hydrogen-bond acceptors (Lipinski definition) is 2. The van der Waals surface area contributed by atoms with Crippen LogP contribution in [0.1, 0.15) is 43.6 Å². The van der Waals surface area contributed by atoms with Crippen LogP contribution in [-0.2, 0) is 5.41 Å². The number of carbonyl (C=O) groups is 1. The van der Waals surface area contributed by atoms with Gasteiger partial charge in [0.1, 0.15) is 0 Å². The fraction of sp³-hybridized carbons (Fsp3) is 0.588. The van der Waals surface area contributed by atoms with Crippen molar-refractivity contribution in [3.05, 3.63) is 35.4 Å². The van der Waals surface area contributed by atoms with Gasteiger partial charge < -0.3 is 10.2 Å². The highest BCUT2D eigenvalue weighted by molar-refractivity contribution is 5.94. The zero-order valence-electron chi connectivity index (χ0n) is 13.7. The van der Waals surface area contributed by atoms with Gasteiger partial charge in [-0.1, -0.05) is 39.8 Å². The van der Waals surface area contributed by atoms with Crippen molar-refractivity contribution in [2.45, 2.75) is 33.1 Å². The van der Waals surface area contributed by atoms with Crippen LogP contribution in [0.5, 0.6) is 0 Å². The third-order valence-corrected chi connectivity index (χ3v) is 3.30. The van der Waals surface area contributed by atoms with Crippen LogP contribution in [0.25, 0.3) is 0 Å². The zero-order chi connectivity index (χ0) is 15.3. The van der Waals surface area contributed by atoms with Gasteiger partial charge in [0, 0.05) is 18.7 Å². The summed E-state index contributed by atoms with van der Waals surface area (Å²) in [4.78, 5) is 14.2. The molecule has 1 atom stereocenters. The fourth-order valence-electron chi connectivity index (χ4n) is 2.18. The Hall–Kier alpha value is -1.35. The van der Waals surface area contributed by atoms with E-state index in [4.69, 9.17) is 0 Å². The average molecular weight is 276 g/mol. The first kappa shape index (κ1) is 16.7. The molecule has 1 N–H and O–H groups in total. The van der Waals surface area contributed by atoms with E-state index in [2.05, 4.69) is 37.9 Å². The van der Waals surface area contributed by atoms with E-state index in [9.17, 15) is 4.79 Å². The molecule has 0 saturated heterocycles. The standard InChI is InChI=1S/C17H28N2O/c1-13(12-19(5)6)11-18-16(20)14-7-9-15(10-8-14)17(2,3)4/h7-10,13H,11-12H2,1-6H3,(H,18,20)/t13-/m0/s1. The normalized spacial score (nSPS) is 13.3. The molecule has 0 saturated carbocycles. The first-order valence-electron chi connectivity index (χ1n) is 7.23. The van der Waals surface area contributed by atoms with Crippen LogP contribution in [0.3, 0.4) is 0 Å². The van der Waals surface area contributed by atoms with Gasteiger partial charge in [-0.25, -0.2) is 0 Å². The summed E-state index contributed by atoms with van der Waals surface area (Å²) in [5.74, 6) is 0.457. The van der Waals surface area contributed by atoms with Crippen LogP contribution >= 0.6 is 0 Å². The van der Waals surface area contributed by atoms with Gasteiger partial charge in [-0.2, -0.15) is 0 Å². The molecule has 1 aromatic rings. The van der Waals surface area contributed by atoms with Gasteiger partial charge in [0.15, 0.2) is 0 Å². The van der Waals surface area contributed by atoms with Gasteiger partial charge >= 0.3 is 0 Å². The fourth-order valence-corrected chi connectivity index (χ4v) is 2.18. The molecule has 1 aromatic carbocycles. The van der Waals surface area contributed by atoms with E-state index < -0.39 is 0 Å². The molecule has 0 fully saturated rings. The van der Waals surface area contributed by atoms with Gasteiger partial charge in [0.2, 0.25) is 0 Å². The van der Waals surface area contributed by atoms with Crippen LogP contribution in [0.4, 0.5) is 0 Å². The molecule has 0 aliphatic carbocycles. The largest absolute Gasteiger partial charge is 0.352 e. The highest BCUT2D eigenvalue weighted by Gasteiger charge is 2.14. The molecule has 1 amide bonds. The molecule has 0 aliphatic rings. The number of rotatable bonds is 5. The average Bonchev–Trinajstić information content (AvgIpc) is 2.34. The molecule has 3 heteroatoms. The van der Waals surface area contributed by atoms with Crippen molar-refractivity contribution in [3.8, 4) is 0 Å². The highest BCUT2D eigenvalue weighted by Crippen LogP contribution is 2.22. The van der Waals surface area contributed by atoms with Crippen molar-refractivity contribution in [2.24, 2.45) is 5.92 Å². The van der Waals surface area contributed by atoms with E-state index in [0.29, 0.717) is 12.5 Å². The van der Waals surface area contributed by atoms with Crippen LogP contribution < -0.4 is 5.32 Å². The zero-order valence-corrected chi connectivity index (χ0v) is 13.7. The van der Waals surface area contributed by atoms with Crippen LogP contribution in [-0.4, -0.2) is 38.0 Å². The SMILES string of the molecule is C[C@@H](CNC(=O)c1ccc(C(C)(C)C)cc1)CN(C)C. The summed E-state index contributed by atoms with van der Waals surface area (Å²) >= 11 is 0. The number of amides is 1. The van der Waals surface area contributed by atoms with Crippen LogP contribution in [0.2, 0.25) is 0 Å². The van der Waals surface area contributed by atoms with Crippen molar-refractivity contribution in [3.63, 3.8) is 0 Å². The third-order valence-electron chi connectivity index (χ3n) is 3.30. The topological polar surface area (TPSA) is 32.3 Å². The Morgan fingerprint density at radius 3 is 2.20 bits per heavy atom. The Balaban J connectivity index is 2.56. The Kier molecular flexibility index (Phi) is 5.75. The van der Waals surface area contributed by atoms with Crippen LogP contribution in [0.15, 0.2) is 24.3 Å². The summed E-state index contributed by atoms with van der Waals surface area (Å²) in [6, 6.07) is 7.90. The summed E-state index contributed by atoms with van der Waals surface area (Å²) in [6.45, 7) is 10.3. The molecule has 20 heavy (non-hydrogen) atoms. The second kappa shape index (κ2) is 6.89. The van der Waals surface area contributed by atoms with Crippen LogP contribution in [0, 0.1) is 5.92 Å². The Morgan fingerprint density at radius 2 is 1.75 bits per heavy atom. The Bertz CT molecular complexity index is 429. The van der Waals surface area contributed by atoms with Gasteiger partial charge in [0.25, 0.3) is 5.91 Å². The molecule has 0 aliphatic heterocycles. The maximum absolute atomic E-state index is 12.1. The molecule has 0 bridgehead atoms. The molecule has 112 valence electrons. The van der Waals surface area contributed by atoms with Crippen molar-refractivity contribution in [1.29, 1.82) is 0 Å². The minimum absolute atomic E-state index is 0.0102. The maximum atomic E-state index is 12.1. The van der Waals surface area contributed by atoms with E-state index in [-0.39, 0.29) is 11.3 Å². The lowest BCUT2D eigenvalue weighted by atomic mass is 9.87. The Labute approximate surface area is 123 Å². The lowest BCUT2D eigenvalue weighted by Crippen LogP contribution is -2.32. The summed E-state index contributed by atoms with van der Waals surface area (Å²) in [7, 11) is 4.09. The first-order valence-corrected chi connectivity index (χ1v) is 7.23. The highest BCUT2D eigenvalue weighted by atomic mass is 16.1. The second-order valence-electron chi connectivity index (χ2n) is 6.90. The summed E-state index contributed by atoms with van der Waals surface area (Å²) in [6.07, 6.45) is 0. The molecule has 3 nitrogen and oxygen atoms in total. The summed E-state index contributed by atoms with van der Waals surface area (Å²) < 4.78 is 0.